The molecule has 2 heterocycles. The van der Waals surface area contributed by atoms with Crippen LogP contribution in [-0.2, 0) is 6.54 Å². The van der Waals surface area contributed by atoms with Crippen LogP contribution >= 0.6 is 23.2 Å². The van der Waals surface area contributed by atoms with E-state index < -0.39 is 5.60 Å². The van der Waals surface area contributed by atoms with Crippen LogP contribution in [0.5, 0.6) is 0 Å². The zero-order chi connectivity index (χ0) is 18.5. The highest BCUT2D eigenvalue weighted by atomic mass is 35.5. The fraction of sp³-hybridized carbons (Fsp3) is 0.429. The fourth-order valence-electron chi connectivity index (χ4n) is 4.08. The first-order valence-electron chi connectivity index (χ1n) is 9.05. The lowest BCUT2D eigenvalue weighted by Gasteiger charge is -2.44. The molecule has 138 valence electrons. The maximum absolute atomic E-state index is 9.88. The van der Waals surface area contributed by atoms with Gasteiger partial charge < -0.3 is 10.0 Å². The maximum Gasteiger partial charge on any atom is 0.0872 e. The molecule has 2 fully saturated rings. The quantitative estimate of drug-likeness (QED) is 0.833. The number of aliphatic hydroxyl groups is 1. The Morgan fingerprint density at radius 2 is 1.77 bits per heavy atom. The summed E-state index contributed by atoms with van der Waals surface area (Å²) < 4.78 is 0. The molecule has 3 nitrogen and oxygen atoms in total. The van der Waals surface area contributed by atoms with Gasteiger partial charge in [0.1, 0.15) is 0 Å². The lowest BCUT2D eigenvalue weighted by atomic mass is 9.88. The van der Waals surface area contributed by atoms with Crippen molar-refractivity contribution in [2.24, 2.45) is 0 Å². The number of β-amino-alcohol motifs (C(OH)–C–C–N with tert-alkyl or cyclic N) is 1. The molecule has 2 aliphatic rings. The van der Waals surface area contributed by atoms with Crippen molar-refractivity contribution >= 4 is 28.9 Å². The van der Waals surface area contributed by atoms with Crippen LogP contribution in [0.1, 0.15) is 29.5 Å². The minimum atomic E-state index is -0.511. The van der Waals surface area contributed by atoms with Crippen molar-refractivity contribution in [3.63, 3.8) is 0 Å². The molecule has 1 N–H and O–H groups in total. The number of benzene rings is 2. The number of hydrogen-bond acceptors (Lipinski definition) is 3. The Morgan fingerprint density at radius 3 is 2.35 bits per heavy atom. The van der Waals surface area contributed by atoms with E-state index in [1.807, 2.05) is 25.1 Å². The first kappa shape index (κ1) is 18.1. The van der Waals surface area contributed by atoms with Gasteiger partial charge in [0.05, 0.1) is 21.3 Å². The number of aryl methyl sites for hydroxylation is 1. The van der Waals surface area contributed by atoms with E-state index in [0.29, 0.717) is 16.0 Å². The molecule has 2 saturated heterocycles. The predicted octanol–water partition coefficient (Wildman–Crippen LogP) is 4.47. The Hall–Kier alpha value is -1.26. The Morgan fingerprint density at radius 1 is 1.12 bits per heavy atom. The monoisotopic (exact) mass is 390 g/mol. The van der Waals surface area contributed by atoms with Crippen LogP contribution in [0, 0.1) is 6.92 Å². The summed E-state index contributed by atoms with van der Waals surface area (Å²) in [6.45, 7) is 8.38. The van der Waals surface area contributed by atoms with Gasteiger partial charge in [-0.15, -0.1) is 0 Å². The second-order valence-electron chi connectivity index (χ2n) is 8.00. The summed E-state index contributed by atoms with van der Waals surface area (Å²) >= 11 is 12.6. The molecular weight excluding hydrogens is 367 g/mol. The van der Waals surface area contributed by atoms with Gasteiger partial charge in [-0.2, -0.15) is 0 Å². The molecule has 0 aromatic heterocycles. The zero-order valence-corrected chi connectivity index (χ0v) is 16.7. The third kappa shape index (κ3) is 3.46. The van der Waals surface area contributed by atoms with Crippen LogP contribution in [0.4, 0.5) is 5.69 Å². The van der Waals surface area contributed by atoms with E-state index in [1.54, 1.807) is 0 Å². The molecule has 0 radical (unpaired) electrons. The Bertz CT molecular complexity index is 803. The molecule has 2 aromatic rings. The normalized spacial score (nSPS) is 20.0. The zero-order valence-electron chi connectivity index (χ0n) is 15.2. The van der Waals surface area contributed by atoms with E-state index in [2.05, 4.69) is 34.9 Å². The third-order valence-corrected chi connectivity index (χ3v) is 6.11. The third-order valence-electron chi connectivity index (χ3n) is 5.50. The number of anilines is 1. The molecule has 0 amide bonds. The topological polar surface area (TPSA) is 26.7 Å². The SMILES string of the molecule is Cc1cc(C2CN(c3c(Cl)cccc3Cl)C2)ccc1CN1CC(C)(O)C1. The lowest BCUT2D eigenvalue weighted by Crippen LogP contribution is -2.59. The molecule has 0 atom stereocenters. The van der Waals surface area contributed by atoms with Crippen LogP contribution in [0.25, 0.3) is 0 Å². The van der Waals surface area contributed by atoms with E-state index in [4.69, 9.17) is 23.2 Å². The Balaban J connectivity index is 1.40. The molecule has 0 bridgehead atoms. The summed E-state index contributed by atoms with van der Waals surface area (Å²) in [5, 5.41) is 11.3. The van der Waals surface area contributed by atoms with Crippen LogP contribution in [0.3, 0.4) is 0 Å². The predicted molar refractivity (Wildman–Crippen MR) is 108 cm³/mol. The van der Waals surface area contributed by atoms with Crippen molar-refractivity contribution in [2.75, 3.05) is 31.1 Å². The summed E-state index contributed by atoms with van der Waals surface area (Å²) in [6.07, 6.45) is 0. The average Bonchev–Trinajstić information content (AvgIpc) is 2.49. The van der Waals surface area contributed by atoms with Crippen molar-refractivity contribution in [1.82, 2.24) is 4.90 Å². The van der Waals surface area contributed by atoms with Gasteiger partial charge in [0, 0.05) is 38.6 Å². The van der Waals surface area contributed by atoms with Crippen molar-refractivity contribution in [2.45, 2.75) is 31.9 Å². The number of likely N-dealkylation sites (tertiary alicyclic amines) is 1. The lowest BCUT2D eigenvalue weighted by molar-refractivity contribution is -0.0871. The molecule has 0 spiro atoms. The summed E-state index contributed by atoms with van der Waals surface area (Å²) in [6, 6.07) is 12.5. The summed E-state index contributed by atoms with van der Waals surface area (Å²) in [4.78, 5) is 4.53. The van der Waals surface area contributed by atoms with E-state index in [1.165, 1.54) is 16.7 Å². The van der Waals surface area contributed by atoms with Crippen LogP contribution in [-0.4, -0.2) is 41.8 Å². The summed E-state index contributed by atoms with van der Waals surface area (Å²) in [5.74, 6) is 0.514. The van der Waals surface area contributed by atoms with Crippen molar-refractivity contribution in [1.29, 1.82) is 0 Å². The molecular formula is C21H24Cl2N2O. The van der Waals surface area contributed by atoms with Gasteiger partial charge in [-0.3, -0.25) is 4.90 Å². The van der Waals surface area contributed by atoms with Crippen LogP contribution in [0.15, 0.2) is 36.4 Å². The highest BCUT2D eigenvalue weighted by Gasteiger charge is 2.36. The molecule has 0 aliphatic carbocycles. The number of nitrogens with zero attached hydrogens (tertiary/aromatic N) is 2. The first-order valence-corrected chi connectivity index (χ1v) is 9.81. The second kappa shape index (κ2) is 6.72. The molecule has 0 unspecified atom stereocenters. The highest BCUT2D eigenvalue weighted by molar-refractivity contribution is 6.39. The maximum atomic E-state index is 9.88. The van der Waals surface area contributed by atoms with Gasteiger partial charge in [0.15, 0.2) is 0 Å². The molecule has 0 saturated carbocycles. The standard InChI is InChI=1S/C21H24Cl2N2O/c1-14-8-15(6-7-16(14)9-24-12-21(2,26)13-24)17-10-25(11-17)20-18(22)4-3-5-19(20)23/h3-8,17,26H,9-13H2,1-2H3. The van der Waals surface area contributed by atoms with E-state index in [0.717, 1.165) is 38.4 Å². The Kier molecular flexibility index (Phi) is 4.68. The first-order chi connectivity index (χ1) is 12.3. The van der Waals surface area contributed by atoms with E-state index in [-0.39, 0.29) is 0 Å². The number of hydrogen-bond donors (Lipinski definition) is 1. The summed E-state index contributed by atoms with van der Waals surface area (Å²) in [5.41, 5.74) is 4.48. The smallest absolute Gasteiger partial charge is 0.0872 e. The van der Waals surface area contributed by atoms with Gasteiger partial charge in [-0.25, -0.2) is 0 Å². The summed E-state index contributed by atoms with van der Waals surface area (Å²) in [7, 11) is 0. The van der Waals surface area contributed by atoms with Gasteiger partial charge in [0.2, 0.25) is 0 Å². The van der Waals surface area contributed by atoms with Crippen LogP contribution < -0.4 is 4.90 Å². The molecule has 2 aromatic carbocycles. The van der Waals surface area contributed by atoms with Gasteiger partial charge in [0.25, 0.3) is 0 Å². The van der Waals surface area contributed by atoms with E-state index >= 15 is 0 Å². The molecule has 5 heteroatoms. The van der Waals surface area contributed by atoms with Gasteiger partial charge in [-0.1, -0.05) is 47.5 Å². The molecule has 26 heavy (non-hydrogen) atoms. The fourth-order valence-corrected chi connectivity index (χ4v) is 4.72. The Labute approximate surface area is 165 Å². The highest BCUT2D eigenvalue weighted by Crippen LogP contribution is 2.40. The number of halogens is 2. The second-order valence-corrected chi connectivity index (χ2v) is 8.81. The van der Waals surface area contributed by atoms with Crippen molar-refractivity contribution in [3.8, 4) is 0 Å². The average molecular weight is 391 g/mol. The van der Waals surface area contributed by atoms with Crippen molar-refractivity contribution in [3.05, 3.63) is 63.1 Å². The van der Waals surface area contributed by atoms with Gasteiger partial charge in [-0.05, 0) is 42.7 Å². The van der Waals surface area contributed by atoms with Crippen molar-refractivity contribution < 1.29 is 5.11 Å². The number of para-hydroxylation sites is 1. The molecule has 4 rings (SSSR count). The number of rotatable bonds is 4. The van der Waals surface area contributed by atoms with Crippen LogP contribution in [0.2, 0.25) is 10.0 Å². The minimum Gasteiger partial charge on any atom is -0.388 e. The largest absolute Gasteiger partial charge is 0.388 e. The molecule has 2 aliphatic heterocycles. The van der Waals surface area contributed by atoms with E-state index in [9.17, 15) is 5.11 Å². The minimum absolute atomic E-state index is 0.511. The van der Waals surface area contributed by atoms with Gasteiger partial charge >= 0.3 is 0 Å².